The molecule has 7 heteroatoms. The molecule has 2 unspecified atom stereocenters. The lowest BCUT2D eigenvalue weighted by Gasteiger charge is -2.36. The standard InChI is InChI=1S/C19H38N2O5/c1-3-4-5-6-7-8-9-12-16(23)21-19(18(25)26,13-10-11-14-20)17(24)15(2)22/h15,17,22,24H,3-14,20H2,1-2H3,(H,21,23)(H,25,26)/t15?,17?,19-/m1/s1. The number of nitrogens with two attached hydrogens (primary N) is 1. The Bertz CT molecular complexity index is 403. The highest BCUT2D eigenvalue weighted by atomic mass is 16.4. The molecule has 3 atom stereocenters. The third-order valence-corrected chi connectivity index (χ3v) is 4.74. The van der Waals surface area contributed by atoms with Gasteiger partial charge in [-0.15, -0.1) is 0 Å². The maximum Gasteiger partial charge on any atom is 0.332 e. The Morgan fingerprint density at radius 2 is 1.58 bits per heavy atom. The molecule has 7 nitrogen and oxygen atoms in total. The summed E-state index contributed by atoms with van der Waals surface area (Å²) < 4.78 is 0. The molecule has 6 N–H and O–H groups in total. The minimum atomic E-state index is -1.89. The number of carboxylic acids is 1. The monoisotopic (exact) mass is 374 g/mol. The molecule has 0 saturated heterocycles. The van der Waals surface area contributed by atoms with Crippen molar-refractivity contribution >= 4 is 11.9 Å². The Morgan fingerprint density at radius 1 is 1.00 bits per heavy atom. The second-order valence-electron chi connectivity index (χ2n) is 7.13. The molecular formula is C19H38N2O5. The predicted molar refractivity (Wildman–Crippen MR) is 102 cm³/mol. The van der Waals surface area contributed by atoms with Crippen LogP contribution in [0.5, 0.6) is 0 Å². The van der Waals surface area contributed by atoms with E-state index in [4.69, 9.17) is 5.73 Å². The number of amides is 1. The molecule has 26 heavy (non-hydrogen) atoms. The molecule has 0 aromatic heterocycles. The number of carbonyl (C=O) groups is 2. The van der Waals surface area contributed by atoms with Crippen molar-refractivity contribution in [2.45, 2.75) is 102 Å². The van der Waals surface area contributed by atoms with Gasteiger partial charge in [0.05, 0.1) is 6.10 Å². The molecule has 0 saturated carbocycles. The van der Waals surface area contributed by atoms with Gasteiger partial charge < -0.3 is 26.4 Å². The van der Waals surface area contributed by atoms with Crippen molar-refractivity contribution in [2.24, 2.45) is 5.73 Å². The topological polar surface area (TPSA) is 133 Å². The van der Waals surface area contributed by atoms with Gasteiger partial charge in [-0.1, -0.05) is 45.4 Å². The van der Waals surface area contributed by atoms with E-state index >= 15 is 0 Å². The summed E-state index contributed by atoms with van der Waals surface area (Å²) in [5.74, 6) is -1.75. The summed E-state index contributed by atoms with van der Waals surface area (Å²) >= 11 is 0. The average molecular weight is 375 g/mol. The van der Waals surface area contributed by atoms with Crippen LogP contribution in [0.4, 0.5) is 0 Å². The molecule has 0 fully saturated rings. The normalized spacial score (nSPS) is 15.9. The summed E-state index contributed by atoms with van der Waals surface area (Å²) in [4.78, 5) is 24.1. The lowest BCUT2D eigenvalue weighted by molar-refractivity contribution is -0.158. The van der Waals surface area contributed by atoms with Crippen molar-refractivity contribution in [3.05, 3.63) is 0 Å². The second-order valence-corrected chi connectivity index (χ2v) is 7.13. The van der Waals surface area contributed by atoms with Crippen molar-refractivity contribution in [3.8, 4) is 0 Å². The van der Waals surface area contributed by atoms with Crippen LogP contribution in [0.25, 0.3) is 0 Å². The first-order valence-electron chi connectivity index (χ1n) is 9.92. The highest BCUT2D eigenvalue weighted by Gasteiger charge is 2.48. The van der Waals surface area contributed by atoms with E-state index < -0.39 is 29.6 Å². The van der Waals surface area contributed by atoms with Gasteiger partial charge in [0.1, 0.15) is 6.10 Å². The van der Waals surface area contributed by atoms with Crippen LogP contribution in [-0.4, -0.2) is 51.5 Å². The summed E-state index contributed by atoms with van der Waals surface area (Å²) in [6.07, 6.45) is 5.81. The van der Waals surface area contributed by atoms with Gasteiger partial charge >= 0.3 is 5.97 Å². The summed E-state index contributed by atoms with van der Waals surface area (Å²) in [6, 6.07) is 0. The highest BCUT2D eigenvalue weighted by Crippen LogP contribution is 2.23. The maximum atomic E-state index is 12.3. The third-order valence-electron chi connectivity index (χ3n) is 4.74. The van der Waals surface area contributed by atoms with Crippen LogP contribution < -0.4 is 11.1 Å². The minimum absolute atomic E-state index is 0.0222. The molecule has 1 amide bonds. The van der Waals surface area contributed by atoms with Crippen LogP contribution in [0.15, 0.2) is 0 Å². The summed E-state index contributed by atoms with van der Waals surface area (Å²) in [6.45, 7) is 3.87. The smallest absolute Gasteiger partial charge is 0.332 e. The number of nitrogens with one attached hydrogen (secondary N) is 1. The molecule has 0 spiro atoms. The molecule has 154 valence electrons. The molecule has 0 aromatic carbocycles. The molecule has 0 heterocycles. The van der Waals surface area contributed by atoms with Crippen molar-refractivity contribution in [1.29, 1.82) is 0 Å². The number of aliphatic hydroxyl groups excluding tert-OH is 2. The number of aliphatic hydroxyl groups is 2. The number of carbonyl (C=O) groups excluding carboxylic acids is 1. The van der Waals surface area contributed by atoms with Crippen molar-refractivity contribution < 1.29 is 24.9 Å². The fourth-order valence-electron chi connectivity index (χ4n) is 3.09. The fraction of sp³-hybridized carbons (Fsp3) is 0.895. The van der Waals surface area contributed by atoms with Gasteiger partial charge in [-0.25, -0.2) is 4.79 Å². The van der Waals surface area contributed by atoms with Crippen LogP contribution in [0.3, 0.4) is 0 Å². The minimum Gasteiger partial charge on any atom is -0.479 e. The van der Waals surface area contributed by atoms with E-state index in [1.807, 2.05) is 0 Å². The van der Waals surface area contributed by atoms with Crippen LogP contribution in [-0.2, 0) is 9.59 Å². The van der Waals surface area contributed by atoms with E-state index in [2.05, 4.69) is 12.2 Å². The molecule has 0 aliphatic rings. The number of unbranched alkanes of at least 4 members (excludes halogenated alkanes) is 7. The van der Waals surface area contributed by atoms with E-state index in [-0.39, 0.29) is 12.8 Å². The second kappa shape index (κ2) is 13.9. The van der Waals surface area contributed by atoms with E-state index in [0.717, 1.165) is 19.3 Å². The molecule has 0 rings (SSSR count). The van der Waals surface area contributed by atoms with Crippen LogP contribution >= 0.6 is 0 Å². The summed E-state index contributed by atoms with van der Waals surface area (Å²) in [5, 5.41) is 32.1. The molecule has 0 bridgehead atoms. The molecular weight excluding hydrogens is 336 g/mol. The molecule has 0 aliphatic carbocycles. The van der Waals surface area contributed by atoms with E-state index in [9.17, 15) is 24.9 Å². The number of rotatable bonds is 16. The van der Waals surface area contributed by atoms with Gasteiger partial charge in [-0.2, -0.15) is 0 Å². The number of hydrogen-bond acceptors (Lipinski definition) is 5. The first-order valence-corrected chi connectivity index (χ1v) is 9.92. The number of hydrogen-bond donors (Lipinski definition) is 5. The van der Waals surface area contributed by atoms with Crippen molar-refractivity contribution in [2.75, 3.05) is 6.54 Å². The van der Waals surface area contributed by atoms with Gasteiger partial charge in [0.25, 0.3) is 0 Å². The zero-order chi connectivity index (χ0) is 20.0. The van der Waals surface area contributed by atoms with E-state index in [1.165, 1.54) is 26.2 Å². The van der Waals surface area contributed by atoms with Gasteiger partial charge in [0.15, 0.2) is 5.54 Å². The first kappa shape index (κ1) is 24.8. The third kappa shape index (κ3) is 8.96. The van der Waals surface area contributed by atoms with Gasteiger partial charge in [-0.05, 0) is 39.2 Å². The SMILES string of the molecule is CCCCCCCCCC(=O)N[C@@](CCCCN)(C(=O)O)C(O)C(C)O. The maximum absolute atomic E-state index is 12.3. The van der Waals surface area contributed by atoms with Crippen molar-refractivity contribution in [3.63, 3.8) is 0 Å². The lowest BCUT2D eigenvalue weighted by atomic mass is 9.83. The Morgan fingerprint density at radius 3 is 2.08 bits per heavy atom. The largest absolute Gasteiger partial charge is 0.479 e. The van der Waals surface area contributed by atoms with Crippen molar-refractivity contribution in [1.82, 2.24) is 5.32 Å². The number of aliphatic carboxylic acids is 1. The average Bonchev–Trinajstić information content (AvgIpc) is 2.59. The predicted octanol–water partition coefficient (Wildman–Crippen LogP) is 1.94. The van der Waals surface area contributed by atoms with Crippen LogP contribution in [0, 0.1) is 0 Å². The molecule has 0 radical (unpaired) electrons. The Labute approximate surface area is 157 Å². The highest BCUT2D eigenvalue weighted by molar-refractivity contribution is 5.87. The zero-order valence-corrected chi connectivity index (χ0v) is 16.4. The molecule has 0 aromatic rings. The summed E-state index contributed by atoms with van der Waals surface area (Å²) in [5.41, 5.74) is 3.56. The van der Waals surface area contributed by atoms with E-state index in [0.29, 0.717) is 25.8 Å². The Hall–Kier alpha value is -1.18. The van der Waals surface area contributed by atoms with E-state index in [1.54, 1.807) is 0 Å². The van der Waals surface area contributed by atoms with Gasteiger partial charge in [0.2, 0.25) is 5.91 Å². The Balaban J connectivity index is 4.68. The van der Waals surface area contributed by atoms with Crippen LogP contribution in [0.1, 0.15) is 84.5 Å². The van der Waals surface area contributed by atoms with Gasteiger partial charge in [0, 0.05) is 6.42 Å². The lowest BCUT2D eigenvalue weighted by Crippen LogP contribution is -2.64. The summed E-state index contributed by atoms with van der Waals surface area (Å²) in [7, 11) is 0. The first-order chi connectivity index (χ1) is 12.3. The van der Waals surface area contributed by atoms with Crippen LogP contribution in [0.2, 0.25) is 0 Å². The Kier molecular flexibility index (Phi) is 13.3. The fourth-order valence-corrected chi connectivity index (χ4v) is 3.09. The van der Waals surface area contributed by atoms with Gasteiger partial charge in [-0.3, -0.25) is 4.79 Å². The zero-order valence-electron chi connectivity index (χ0n) is 16.4. The quantitative estimate of drug-likeness (QED) is 0.262. The number of carboxylic acid groups (broad SMARTS) is 1. The molecule has 0 aliphatic heterocycles.